The van der Waals surface area contributed by atoms with Gasteiger partial charge >= 0.3 is 5.97 Å². The average molecular weight is 382 g/mol. The van der Waals surface area contributed by atoms with Crippen molar-refractivity contribution >= 4 is 28.3 Å². The lowest BCUT2D eigenvalue weighted by molar-refractivity contribution is -0.142. The van der Waals surface area contributed by atoms with E-state index in [0.717, 1.165) is 29.7 Å². The summed E-state index contributed by atoms with van der Waals surface area (Å²) in [4.78, 5) is 28.5. The molecule has 0 fully saturated rings. The fourth-order valence-electron chi connectivity index (χ4n) is 3.21. The summed E-state index contributed by atoms with van der Waals surface area (Å²) < 4.78 is 4.91. The molecule has 27 heavy (non-hydrogen) atoms. The van der Waals surface area contributed by atoms with E-state index in [9.17, 15) is 9.59 Å². The van der Waals surface area contributed by atoms with Crippen molar-refractivity contribution in [3.8, 4) is 11.3 Å². The Bertz CT molecular complexity index is 1010. The molecule has 0 saturated heterocycles. The Morgan fingerprint density at radius 2 is 2.15 bits per heavy atom. The van der Waals surface area contributed by atoms with Gasteiger partial charge in [0.2, 0.25) is 0 Å². The molecule has 0 atom stereocenters. The largest absolute Gasteiger partial charge is 0.466 e. The van der Waals surface area contributed by atoms with Crippen LogP contribution in [-0.4, -0.2) is 33.7 Å². The van der Waals surface area contributed by atoms with E-state index in [0.29, 0.717) is 23.1 Å². The Hall–Kier alpha value is -3.00. The van der Waals surface area contributed by atoms with Gasteiger partial charge in [0.25, 0.3) is 5.91 Å². The molecule has 3 aromatic rings. The van der Waals surface area contributed by atoms with Crippen LogP contribution in [0.3, 0.4) is 0 Å². The minimum absolute atomic E-state index is 0.0937. The highest BCUT2D eigenvalue weighted by atomic mass is 32.1. The van der Waals surface area contributed by atoms with Gasteiger partial charge in [0, 0.05) is 16.5 Å². The summed E-state index contributed by atoms with van der Waals surface area (Å²) in [6.45, 7) is 2.09. The van der Waals surface area contributed by atoms with Crippen molar-refractivity contribution in [2.24, 2.45) is 0 Å². The first-order valence-corrected chi connectivity index (χ1v) is 9.60. The molecule has 0 unspecified atom stereocenters. The number of carbonyl (C=O) groups excluding carboxylic acids is 2. The number of fused-ring (bicyclic) bond motifs is 3. The standard InChI is InChI=1S/C19H18N4O3S/c1-2-26-15(24)9-12-10-27-19(20-12)21-18(25)17-14-8-7-11-5-3-4-6-13(11)16(14)22-23-17/h3-6,10H,2,7-9H2,1H3,(H,22,23)(H,20,21,25). The van der Waals surface area contributed by atoms with Crippen molar-refractivity contribution in [1.29, 1.82) is 0 Å². The van der Waals surface area contributed by atoms with Crippen molar-refractivity contribution in [3.05, 3.63) is 52.2 Å². The van der Waals surface area contributed by atoms with E-state index < -0.39 is 0 Å². The lowest BCUT2D eigenvalue weighted by atomic mass is 9.89. The summed E-state index contributed by atoms with van der Waals surface area (Å²) in [5, 5.41) is 12.2. The summed E-state index contributed by atoms with van der Waals surface area (Å²) in [7, 11) is 0. The van der Waals surface area contributed by atoms with Gasteiger partial charge in [-0.3, -0.25) is 20.0 Å². The highest BCUT2D eigenvalue weighted by Crippen LogP contribution is 2.33. The van der Waals surface area contributed by atoms with E-state index in [1.165, 1.54) is 16.9 Å². The number of hydrogen-bond acceptors (Lipinski definition) is 6. The number of thiazole rings is 1. The molecule has 7 nitrogen and oxygen atoms in total. The highest BCUT2D eigenvalue weighted by molar-refractivity contribution is 7.14. The molecule has 0 bridgehead atoms. The van der Waals surface area contributed by atoms with Gasteiger partial charge in [0.15, 0.2) is 5.13 Å². The molecule has 1 aliphatic carbocycles. The van der Waals surface area contributed by atoms with Crippen molar-refractivity contribution < 1.29 is 14.3 Å². The van der Waals surface area contributed by atoms with Gasteiger partial charge in [-0.1, -0.05) is 24.3 Å². The number of benzene rings is 1. The zero-order valence-electron chi connectivity index (χ0n) is 14.7. The van der Waals surface area contributed by atoms with Crippen LogP contribution in [0.2, 0.25) is 0 Å². The Kier molecular flexibility index (Phi) is 4.72. The molecule has 1 aliphatic rings. The third kappa shape index (κ3) is 3.48. The number of carbonyl (C=O) groups is 2. The second-order valence-corrected chi connectivity index (χ2v) is 7.02. The molecule has 0 radical (unpaired) electrons. The van der Waals surface area contributed by atoms with E-state index in [1.54, 1.807) is 12.3 Å². The number of nitrogens with one attached hydrogen (secondary N) is 2. The Labute approximate surface area is 159 Å². The first-order valence-electron chi connectivity index (χ1n) is 8.72. The number of amides is 1. The molecule has 0 saturated carbocycles. The number of aromatic amines is 1. The number of anilines is 1. The minimum Gasteiger partial charge on any atom is -0.466 e. The molecule has 138 valence electrons. The van der Waals surface area contributed by atoms with Crippen molar-refractivity contribution in [2.45, 2.75) is 26.2 Å². The summed E-state index contributed by atoms with van der Waals surface area (Å²) in [5.74, 6) is -0.609. The Morgan fingerprint density at radius 3 is 3.00 bits per heavy atom. The molecule has 0 spiro atoms. The van der Waals surface area contributed by atoms with Gasteiger partial charge in [-0.15, -0.1) is 11.3 Å². The lowest BCUT2D eigenvalue weighted by Gasteiger charge is -2.15. The molecular weight excluding hydrogens is 364 g/mol. The monoisotopic (exact) mass is 382 g/mol. The van der Waals surface area contributed by atoms with Crippen LogP contribution in [0.4, 0.5) is 5.13 Å². The third-order valence-electron chi connectivity index (χ3n) is 4.41. The maximum absolute atomic E-state index is 12.7. The maximum Gasteiger partial charge on any atom is 0.311 e. The summed E-state index contributed by atoms with van der Waals surface area (Å²) in [6.07, 6.45) is 1.73. The van der Waals surface area contributed by atoms with E-state index in [-0.39, 0.29) is 18.3 Å². The van der Waals surface area contributed by atoms with Gasteiger partial charge in [0.05, 0.1) is 24.4 Å². The summed E-state index contributed by atoms with van der Waals surface area (Å²) in [6, 6.07) is 8.11. The van der Waals surface area contributed by atoms with E-state index in [2.05, 4.69) is 26.6 Å². The smallest absolute Gasteiger partial charge is 0.311 e. The number of aryl methyl sites for hydroxylation is 1. The van der Waals surface area contributed by atoms with Gasteiger partial charge in [-0.25, -0.2) is 4.98 Å². The van der Waals surface area contributed by atoms with Crippen LogP contribution >= 0.6 is 11.3 Å². The lowest BCUT2D eigenvalue weighted by Crippen LogP contribution is -2.16. The van der Waals surface area contributed by atoms with Gasteiger partial charge in [-0.2, -0.15) is 5.10 Å². The van der Waals surface area contributed by atoms with Crippen LogP contribution in [0.5, 0.6) is 0 Å². The molecule has 2 N–H and O–H groups in total. The zero-order chi connectivity index (χ0) is 18.8. The van der Waals surface area contributed by atoms with Crippen LogP contribution in [0, 0.1) is 0 Å². The first-order chi connectivity index (χ1) is 13.2. The molecule has 2 heterocycles. The second-order valence-electron chi connectivity index (χ2n) is 6.16. The number of hydrogen-bond donors (Lipinski definition) is 2. The van der Waals surface area contributed by atoms with Crippen LogP contribution < -0.4 is 5.32 Å². The van der Waals surface area contributed by atoms with Crippen LogP contribution in [0.15, 0.2) is 29.6 Å². The summed E-state index contributed by atoms with van der Waals surface area (Å²) >= 11 is 1.28. The van der Waals surface area contributed by atoms with Crippen LogP contribution in [0.1, 0.15) is 34.2 Å². The number of aromatic nitrogens is 3. The number of rotatable bonds is 5. The number of H-pyrrole nitrogens is 1. The zero-order valence-corrected chi connectivity index (χ0v) is 15.6. The normalized spacial score (nSPS) is 12.2. The molecule has 1 amide bonds. The van der Waals surface area contributed by atoms with Crippen molar-refractivity contribution in [2.75, 3.05) is 11.9 Å². The molecule has 4 rings (SSSR count). The second kappa shape index (κ2) is 7.32. The third-order valence-corrected chi connectivity index (χ3v) is 5.22. The number of esters is 1. The van der Waals surface area contributed by atoms with Crippen LogP contribution in [-0.2, 0) is 28.8 Å². The van der Waals surface area contributed by atoms with Gasteiger partial charge in [-0.05, 0) is 25.3 Å². The Balaban J connectivity index is 1.50. The molecule has 1 aromatic carbocycles. The number of ether oxygens (including phenoxy) is 1. The van der Waals surface area contributed by atoms with E-state index in [4.69, 9.17) is 4.74 Å². The van der Waals surface area contributed by atoms with E-state index >= 15 is 0 Å². The molecule has 2 aromatic heterocycles. The summed E-state index contributed by atoms with van der Waals surface area (Å²) in [5.41, 5.74) is 5.11. The first kappa shape index (κ1) is 17.4. The van der Waals surface area contributed by atoms with Gasteiger partial charge in [0.1, 0.15) is 5.69 Å². The van der Waals surface area contributed by atoms with Crippen molar-refractivity contribution in [1.82, 2.24) is 15.2 Å². The molecule has 8 heteroatoms. The molecular formula is C19H18N4O3S. The average Bonchev–Trinajstić information content (AvgIpc) is 3.28. The predicted octanol–water partition coefficient (Wildman–Crippen LogP) is 2.99. The quantitative estimate of drug-likeness (QED) is 0.661. The SMILES string of the molecule is CCOC(=O)Cc1csc(NC(=O)c2[nH]nc3c2CCc2ccccc2-3)n1. The van der Waals surface area contributed by atoms with Gasteiger partial charge < -0.3 is 4.74 Å². The number of nitrogens with zero attached hydrogens (tertiary/aromatic N) is 2. The molecule has 0 aliphatic heterocycles. The maximum atomic E-state index is 12.7. The fraction of sp³-hybridized carbons (Fsp3) is 0.263. The van der Waals surface area contributed by atoms with Crippen LogP contribution in [0.25, 0.3) is 11.3 Å². The highest BCUT2D eigenvalue weighted by Gasteiger charge is 2.25. The minimum atomic E-state index is -0.332. The van der Waals surface area contributed by atoms with E-state index in [1.807, 2.05) is 18.2 Å². The fourth-order valence-corrected chi connectivity index (χ4v) is 3.92. The predicted molar refractivity (Wildman–Crippen MR) is 102 cm³/mol. The topological polar surface area (TPSA) is 97.0 Å². The Morgan fingerprint density at radius 1 is 1.30 bits per heavy atom. The van der Waals surface area contributed by atoms with Crippen molar-refractivity contribution in [3.63, 3.8) is 0 Å².